The Morgan fingerprint density at radius 1 is 1.50 bits per heavy atom. The molecule has 1 saturated heterocycles. The van der Waals surface area contributed by atoms with E-state index in [0.717, 1.165) is 25.5 Å². The van der Waals surface area contributed by atoms with Gasteiger partial charge in [0, 0.05) is 4.47 Å². The number of amides is 1. The third-order valence-electron chi connectivity index (χ3n) is 3.10. The van der Waals surface area contributed by atoms with Gasteiger partial charge in [-0.15, -0.1) is 0 Å². The van der Waals surface area contributed by atoms with Crippen LogP contribution in [0.15, 0.2) is 16.6 Å². The molecule has 2 rings (SSSR count). The second kappa shape index (κ2) is 6.32. The minimum Gasteiger partial charge on any atom is -0.465 e. The molecular weight excluding hydrogens is 331 g/mol. The van der Waals surface area contributed by atoms with Crippen molar-refractivity contribution in [1.82, 2.24) is 5.32 Å². The highest BCUT2D eigenvalue weighted by atomic mass is 79.9. The molecule has 20 heavy (non-hydrogen) atoms. The fourth-order valence-corrected chi connectivity index (χ4v) is 2.45. The first-order chi connectivity index (χ1) is 9.52. The fraction of sp³-hybridized carbons (Fsp3) is 0.385. The van der Waals surface area contributed by atoms with Gasteiger partial charge in [0.1, 0.15) is 5.82 Å². The Morgan fingerprint density at radius 2 is 2.25 bits per heavy atom. The Kier molecular flexibility index (Phi) is 4.72. The SMILES string of the molecule is COC(=O)c1cc(NC(=O)[C@H]2CCCN2)c(Br)cc1F. The molecule has 0 aliphatic carbocycles. The molecule has 1 heterocycles. The average Bonchev–Trinajstić information content (AvgIpc) is 2.95. The molecule has 5 nitrogen and oxygen atoms in total. The second-order valence-corrected chi connectivity index (χ2v) is 5.30. The van der Waals surface area contributed by atoms with E-state index in [9.17, 15) is 14.0 Å². The lowest BCUT2D eigenvalue weighted by Gasteiger charge is -2.13. The normalized spacial score (nSPS) is 17.9. The van der Waals surface area contributed by atoms with E-state index in [0.29, 0.717) is 10.2 Å². The highest BCUT2D eigenvalue weighted by Gasteiger charge is 2.23. The monoisotopic (exact) mass is 344 g/mol. The number of nitrogens with one attached hydrogen (secondary N) is 2. The fourth-order valence-electron chi connectivity index (χ4n) is 2.04. The predicted molar refractivity (Wildman–Crippen MR) is 75.1 cm³/mol. The summed E-state index contributed by atoms with van der Waals surface area (Å²) in [5, 5.41) is 5.74. The van der Waals surface area contributed by atoms with E-state index in [1.165, 1.54) is 13.2 Å². The van der Waals surface area contributed by atoms with Crippen molar-refractivity contribution in [2.24, 2.45) is 0 Å². The summed E-state index contributed by atoms with van der Waals surface area (Å²) < 4.78 is 18.5. The van der Waals surface area contributed by atoms with Crippen LogP contribution in [0.4, 0.5) is 10.1 Å². The number of carbonyl (C=O) groups excluding carboxylic acids is 2. The Balaban J connectivity index is 2.22. The summed E-state index contributed by atoms with van der Waals surface area (Å²) in [6.07, 6.45) is 1.70. The van der Waals surface area contributed by atoms with Gasteiger partial charge in [-0.25, -0.2) is 9.18 Å². The zero-order valence-corrected chi connectivity index (χ0v) is 12.4. The Hall–Kier alpha value is -1.47. The molecule has 1 amide bonds. The van der Waals surface area contributed by atoms with Crippen molar-refractivity contribution in [3.63, 3.8) is 0 Å². The van der Waals surface area contributed by atoms with Gasteiger partial charge >= 0.3 is 5.97 Å². The van der Waals surface area contributed by atoms with Crippen LogP contribution in [0.1, 0.15) is 23.2 Å². The van der Waals surface area contributed by atoms with Crippen LogP contribution in [-0.2, 0) is 9.53 Å². The highest BCUT2D eigenvalue weighted by molar-refractivity contribution is 9.10. The third-order valence-corrected chi connectivity index (χ3v) is 3.75. The molecule has 1 aliphatic heterocycles. The molecule has 1 aromatic rings. The summed E-state index contributed by atoms with van der Waals surface area (Å²) in [6.45, 7) is 0.802. The average molecular weight is 345 g/mol. The maximum absolute atomic E-state index is 13.7. The number of methoxy groups -OCH3 is 1. The van der Waals surface area contributed by atoms with Crippen molar-refractivity contribution >= 4 is 33.5 Å². The van der Waals surface area contributed by atoms with E-state index in [4.69, 9.17) is 0 Å². The summed E-state index contributed by atoms with van der Waals surface area (Å²) in [4.78, 5) is 23.4. The van der Waals surface area contributed by atoms with Gasteiger partial charge in [-0.2, -0.15) is 0 Å². The van der Waals surface area contributed by atoms with E-state index in [1.54, 1.807) is 0 Å². The van der Waals surface area contributed by atoms with E-state index >= 15 is 0 Å². The maximum Gasteiger partial charge on any atom is 0.340 e. The number of anilines is 1. The topological polar surface area (TPSA) is 67.4 Å². The molecule has 0 saturated carbocycles. The number of carbonyl (C=O) groups is 2. The molecular formula is C13H14BrFN2O3. The molecule has 1 aliphatic rings. The zero-order chi connectivity index (χ0) is 14.7. The van der Waals surface area contributed by atoms with Crippen LogP contribution in [0.25, 0.3) is 0 Å². The van der Waals surface area contributed by atoms with Crippen LogP contribution in [0.2, 0.25) is 0 Å². The molecule has 108 valence electrons. The lowest BCUT2D eigenvalue weighted by Crippen LogP contribution is -2.35. The van der Waals surface area contributed by atoms with Crippen molar-refractivity contribution < 1.29 is 18.7 Å². The quantitative estimate of drug-likeness (QED) is 0.823. The summed E-state index contributed by atoms with van der Waals surface area (Å²) in [5.41, 5.74) is 0.121. The molecule has 1 fully saturated rings. The van der Waals surface area contributed by atoms with Gasteiger partial charge in [-0.05, 0) is 47.4 Å². The summed E-state index contributed by atoms with van der Waals surface area (Å²) in [7, 11) is 1.17. The highest BCUT2D eigenvalue weighted by Crippen LogP contribution is 2.27. The van der Waals surface area contributed by atoms with Gasteiger partial charge in [-0.3, -0.25) is 4.79 Å². The molecule has 0 radical (unpaired) electrons. The van der Waals surface area contributed by atoms with Gasteiger partial charge in [-0.1, -0.05) is 0 Å². The molecule has 7 heteroatoms. The first-order valence-electron chi connectivity index (χ1n) is 6.14. The second-order valence-electron chi connectivity index (χ2n) is 4.44. The molecule has 0 spiro atoms. The third kappa shape index (κ3) is 3.16. The van der Waals surface area contributed by atoms with Gasteiger partial charge in [0.05, 0.1) is 24.4 Å². The predicted octanol–water partition coefficient (Wildman–Crippen LogP) is 2.07. The number of benzene rings is 1. The van der Waals surface area contributed by atoms with Crippen LogP contribution in [-0.4, -0.2) is 31.6 Å². The first-order valence-corrected chi connectivity index (χ1v) is 6.94. The largest absolute Gasteiger partial charge is 0.465 e. The Morgan fingerprint density at radius 3 is 2.85 bits per heavy atom. The number of rotatable bonds is 3. The number of hydrogen-bond acceptors (Lipinski definition) is 4. The maximum atomic E-state index is 13.7. The number of esters is 1. The van der Waals surface area contributed by atoms with Gasteiger partial charge in [0.25, 0.3) is 0 Å². The van der Waals surface area contributed by atoms with Crippen molar-refractivity contribution in [3.8, 4) is 0 Å². The molecule has 0 aromatic heterocycles. The Labute approximate surface area is 124 Å². The van der Waals surface area contributed by atoms with E-state index in [2.05, 4.69) is 31.3 Å². The van der Waals surface area contributed by atoms with Gasteiger partial charge in [0.2, 0.25) is 5.91 Å². The molecule has 2 N–H and O–H groups in total. The van der Waals surface area contributed by atoms with Crippen LogP contribution in [0.3, 0.4) is 0 Å². The van der Waals surface area contributed by atoms with Crippen LogP contribution in [0, 0.1) is 5.82 Å². The number of halogens is 2. The minimum absolute atomic E-state index is 0.203. The van der Waals surface area contributed by atoms with Crippen LogP contribution in [0.5, 0.6) is 0 Å². The van der Waals surface area contributed by atoms with Gasteiger partial charge < -0.3 is 15.4 Å². The van der Waals surface area contributed by atoms with Crippen molar-refractivity contribution in [2.45, 2.75) is 18.9 Å². The molecule has 0 bridgehead atoms. The number of hydrogen-bond donors (Lipinski definition) is 2. The van der Waals surface area contributed by atoms with Gasteiger partial charge in [0.15, 0.2) is 0 Å². The Bertz CT molecular complexity index is 545. The zero-order valence-electron chi connectivity index (χ0n) is 10.8. The van der Waals surface area contributed by atoms with E-state index in [1.807, 2.05) is 0 Å². The molecule has 1 atom stereocenters. The van der Waals surface area contributed by atoms with Crippen LogP contribution >= 0.6 is 15.9 Å². The van der Waals surface area contributed by atoms with E-state index < -0.39 is 11.8 Å². The van der Waals surface area contributed by atoms with E-state index in [-0.39, 0.29) is 17.5 Å². The van der Waals surface area contributed by atoms with Crippen molar-refractivity contribution in [2.75, 3.05) is 19.0 Å². The molecule has 0 unspecified atom stereocenters. The minimum atomic E-state index is -0.788. The lowest BCUT2D eigenvalue weighted by atomic mass is 10.1. The summed E-state index contributed by atoms with van der Waals surface area (Å²) in [6, 6.07) is 2.13. The standard InChI is InChI=1S/C13H14BrFN2O3/c1-20-13(19)7-5-11(8(14)6-9(7)15)17-12(18)10-3-2-4-16-10/h5-6,10,16H,2-4H2,1H3,(H,17,18)/t10-/m1/s1. The molecule has 1 aromatic carbocycles. The number of ether oxygens (including phenoxy) is 1. The van der Waals surface area contributed by atoms with Crippen LogP contribution < -0.4 is 10.6 Å². The smallest absolute Gasteiger partial charge is 0.340 e. The van der Waals surface area contributed by atoms with Crippen molar-refractivity contribution in [3.05, 3.63) is 28.0 Å². The van der Waals surface area contributed by atoms with Crippen molar-refractivity contribution in [1.29, 1.82) is 0 Å². The first kappa shape index (κ1) is 14.9. The summed E-state index contributed by atoms with van der Waals surface area (Å²) in [5.74, 6) is -1.70. The lowest BCUT2D eigenvalue weighted by molar-refractivity contribution is -0.117. The summed E-state index contributed by atoms with van der Waals surface area (Å²) >= 11 is 3.16.